The lowest BCUT2D eigenvalue weighted by Crippen LogP contribution is -2.05. The third-order valence-electron chi connectivity index (χ3n) is 4.46. The first-order chi connectivity index (χ1) is 11.8. The second-order valence-corrected chi connectivity index (χ2v) is 7.08. The van der Waals surface area contributed by atoms with Crippen molar-refractivity contribution in [2.45, 2.75) is 32.6 Å². The predicted octanol–water partition coefficient (Wildman–Crippen LogP) is 4.74. The van der Waals surface area contributed by atoms with Crippen LogP contribution in [-0.2, 0) is 13.5 Å². The number of thiazole rings is 1. The third-order valence-corrected chi connectivity index (χ3v) is 5.50. The Labute approximate surface area is 145 Å². The summed E-state index contributed by atoms with van der Waals surface area (Å²) < 4.78 is 2.25. The number of hydrogen-bond acceptors (Lipinski definition) is 4. The van der Waals surface area contributed by atoms with Crippen LogP contribution < -0.4 is 0 Å². The largest absolute Gasteiger partial charge is 0.330 e. The van der Waals surface area contributed by atoms with Crippen LogP contribution in [-0.4, -0.2) is 19.5 Å². The molecule has 4 nitrogen and oxygen atoms in total. The van der Waals surface area contributed by atoms with Gasteiger partial charge in [0.15, 0.2) is 5.82 Å². The summed E-state index contributed by atoms with van der Waals surface area (Å²) in [6.07, 6.45) is 12.4. The molecule has 0 spiro atoms. The Morgan fingerprint density at radius 3 is 3.00 bits per heavy atom. The van der Waals surface area contributed by atoms with Crippen LogP contribution in [0.1, 0.15) is 37.6 Å². The minimum absolute atomic E-state index is 0.989. The minimum Gasteiger partial charge on any atom is -0.330 e. The number of nitrogens with zero attached hydrogens (tertiary/aromatic N) is 4. The molecule has 0 aromatic carbocycles. The molecule has 0 amide bonds. The summed E-state index contributed by atoms with van der Waals surface area (Å²) in [6, 6.07) is 3.98. The van der Waals surface area contributed by atoms with Crippen LogP contribution in [0.15, 0.2) is 36.8 Å². The van der Waals surface area contributed by atoms with Crippen LogP contribution in [0.3, 0.4) is 0 Å². The molecule has 0 radical (unpaired) electrons. The molecule has 3 aromatic rings. The molecule has 0 saturated carbocycles. The molecule has 0 saturated heterocycles. The maximum Gasteiger partial charge on any atom is 0.152 e. The van der Waals surface area contributed by atoms with E-state index in [1.54, 1.807) is 17.5 Å². The monoisotopic (exact) mass is 336 g/mol. The van der Waals surface area contributed by atoms with E-state index in [1.807, 2.05) is 24.5 Å². The van der Waals surface area contributed by atoms with E-state index in [0.29, 0.717) is 0 Å². The average molecular weight is 336 g/mol. The highest BCUT2D eigenvalue weighted by molar-refractivity contribution is 7.18. The van der Waals surface area contributed by atoms with Crippen molar-refractivity contribution in [3.05, 3.63) is 48.2 Å². The number of hydrogen-bond donors (Lipinski definition) is 0. The molecular weight excluding hydrogens is 316 g/mol. The van der Waals surface area contributed by atoms with Crippen LogP contribution in [0.5, 0.6) is 0 Å². The topological polar surface area (TPSA) is 43.6 Å². The first-order valence-corrected chi connectivity index (χ1v) is 9.21. The predicted molar refractivity (Wildman–Crippen MR) is 98.8 cm³/mol. The fraction of sp³-hybridized carbons (Fsp3) is 0.316. The number of fused-ring (bicyclic) bond motifs is 1. The Bertz CT molecular complexity index is 889. The SMILES string of the molecule is CC/C=C1/CCCc2c1nc(-c1cnc(-c3cccnc3)s1)n2C. The Hall–Kier alpha value is -2.27. The van der Waals surface area contributed by atoms with Gasteiger partial charge in [0.2, 0.25) is 0 Å². The second-order valence-electron chi connectivity index (χ2n) is 6.05. The molecule has 1 aliphatic carbocycles. The fourth-order valence-corrected chi connectivity index (χ4v) is 4.24. The summed E-state index contributed by atoms with van der Waals surface area (Å²) in [6.45, 7) is 2.19. The molecule has 4 rings (SSSR count). The Morgan fingerprint density at radius 2 is 2.21 bits per heavy atom. The smallest absolute Gasteiger partial charge is 0.152 e. The minimum atomic E-state index is 0.989. The Kier molecular flexibility index (Phi) is 4.02. The van der Waals surface area contributed by atoms with Crippen LogP contribution in [0.4, 0.5) is 0 Å². The molecule has 0 N–H and O–H groups in total. The van der Waals surface area contributed by atoms with Gasteiger partial charge in [0, 0.05) is 36.9 Å². The van der Waals surface area contributed by atoms with Crippen molar-refractivity contribution in [2.75, 3.05) is 0 Å². The van der Waals surface area contributed by atoms with E-state index in [1.165, 1.54) is 23.4 Å². The van der Waals surface area contributed by atoms with Gasteiger partial charge in [0.1, 0.15) is 5.01 Å². The van der Waals surface area contributed by atoms with Gasteiger partial charge in [-0.25, -0.2) is 9.97 Å². The van der Waals surface area contributed by atoms with Crippen molar-refractivity contribution >= 4 is 16.9 Å². The quantitative estimate of drug-likeness (QED) is 0.694. The van der Waals surface area contributed by atoms with E-state index in [4.69, 9.17) is 4.98 Å². The molecule has 3 heterocycles. The molecule has 24 heavy (non-hydrogen) atoms. The van der Waals surface area contributed by atoms with Gasteiger partial charge in [-0.2, -0.15) is 0 Å². The van der Waals surface area contributed by atoms with Gasteiger partial charge in [-0.05, 0) is 43.4 Å². The lowest BCUT2D eigenvalue weighted by Gasteiger charge is -2.15. The van der Waals surface area contributed by atoms with Crippen molar-refractivity contribution in [2.24, 2.45) is 7.05 Å². The maximum atomic E-state index is 4.98. The standard InChI is InChI=1S/C19H20N4S/c1-3-6-13-7-4-9-15-17(13)22-18(23(15)2)16-12-21-19(24-16)14-8-5-10-20-11-14/h5-6,8,10-12H,3-4,7,9H2,1-2H3/b13-6-. The van der Waals surface area contributed by atoms with E-state index in [2.05, 4.69) is 34.6 Å². The third kappa shape index (κ3) is 2.59. The zero-order valence-electron chi connectivity index (χ0n) is 14.0. The van der Waals surface area contributed by atoms with Crippen molar-refractivity contribution in [3.8, 4) is 21.3 Å². The second kappa shape index (κ2) is 6.32. The van der Waals surface area contributed by atoms with Crippen molar-refractivity contribution in [1.29, 1.82) is 0 Å². The van der Waals surface area contributed by atoms with E-state index >= 15 is 0 Å². The van der Waals surface area contributed by atoms with Gasteiger partial charge in [-0.3, -0.25) is 4.98 Å². The molecule has 0 fully saturated rings. The lowest BCUT2D eigenvalue weighted by molar-refractivity contribution is 0.742. The molecule has 1 aliphatic rings. The summed E-state index contributed by atoms with van der Waals surface area (Å²) in [4.78, 5) is 14.8. The van der Waals surface area contributed by atoms with Gasteiger partial charge in [-0.15, -0.1) is 11.3 Å². The molecule has 0 bridgehead atoms. The molecular formula is C19H20N4S. The van der Waals surface area contributed by atoms with Crippen LogP contribution >= 0.6 is 11.3 Å². The van der Waals surface area contributed by atoms with E-state index in [0.717, 1.165) is 40.5 Å². The zero-order valence-corrected chi connectivity index (χ0v) is 14.8. The summed E-state index contributed by atoms with van der Waals surface area (Å²) in [7, 11) is 2.12. The van der Waals surface area contributed by atoms with Crippen LogP contribution in [0.2, 0.25) is 0 Å². The van der Waals surface area contributed by atoms with E-state index < -0.39 is 0 Å². The van der Waals surface area contributed by atoms with Gasteiger partial charge in [0.25, 0.3) is 0 Å². The van der Waals surface area contributed by atoms with Gasteiger partial charge < -0.3 is 4.57 Å². The maximum absolute atomic E-state index is 4.98. The van der Waals surface area contributed by atoms with Crippen molar-refractivity contribution in [1.82, 2.24) is 19.5 Å². The summed E-state index contributed by atoms with van der Waals surface area (Å²) in [5.74, 6) is 1.02. The molecule has 0 atom stereocenters. The number of rotatable bonds is 3. The van der Waals surface area contributed by atoms with Crippen molar-refractivity contribution in [3.63, 3.8) is 0 Å². The number of allylic oxidation sites excluding steroid dienone is 2. The zero-order chi connectivity index (χ0) is 16.5. The molecule has 3 aromatic heterocycles. The highest BCUT2D eigenvalue weighted by atomic mass is 32.1. The fourth-order valence-electron chi connectivity index (χ4n) is 3.31. The van der Waals surface area contributed by atoms with Crippen molar-refractivity contribution < 1.29 is 0 Å². The van der Waals surface area contributed by atoms with E-state index in [-0.39, 0.29) is 0 Å². The summed E-state index contributed by atoms with van der Waals surface area (Å²) in [5.41, 5.74) is 5.00. The van der Waals surface area contributed by atoms with Gasteiger partial charge >= 0.3 is 0 Å². The summed E-state index contributed by atoms with van der Waals surface area (Å²) in [5, 5.41) is 0.989. The Morgan fingerprint density at radius 1 is 1.29 bits per heavy atom. The molecule has 0 aliphatic heterocycles. The highest BCUT2D eigenvalue weighted by Crippen LogP contribution is 2.36. The first kappa shape index (κ1) is 15.3. The number of aromatic nitrogens is 4. The van der Waals surface area contributed by atoms with E-state index in [9.17, 15) is 0 Å². The van der Waals surface area contributed by atoms with Crippen LogP contribution in [0, 0.1) is 0 Å². The molecule has 122 valence electrons. The molecule has 5 heteroatoms. The number of imidazole rings is 1. The summed E-state index contributed by atoms with van der Waals surface area (Å²) >= 11 is 1.68. The van der Waals surface area contributed by atoms with Gasteiger partial charge in [-0.1, -0.05) is 13.0 Å². The Balaban J connectivity index is 1.76. The van der Waals surface area contributed by atoms with Gasteiger partial charge in [0.05, 0.1) is 10.6 Å². The normalized spacial score (nSPS) is 15.7. The first-order valence-electron chi connectivity index (χ1n) is 8.39. The highest BCUT2D eigenvalue weighted by Gasteiger charge is 2.23. The number of pyridine rings is 1. The molecule has 0 unspecified atom stereocenters. The average Bonchev–Trinajstić information content (AvgIpc) is 3.22. The lowest BCUT2D eigenvalue weighted by atomic mass is 9.95. The van der Waals surface area contributed by atoms with Crippen LogP contribution in [0.25, 0.3) is 26.8 Å².